The molecule has 2 fully saturated rings. The molecule has 7 N–H and O–H groups in total. The molecule has 0 aromatic rings. The third-order valence-corrected chi connectivity index (χ3v) is 13.0. The third kappa shape index (κ3) is 30.5. The van der Waals surface area contributed by atoms with Crippen molar-refractivity contribution in [1.29, 1.82) is 0 Å². The standard InChI is InChI=1S/C57H98O15/c1-3-5-7-9-11-13-15-17-19-21-22-24-25-27-29-31-33-35-37-39-48(59)67-42-45(70-49(60)40-38-36-34-32-30-28-26-23-20-18-16-14-12-10-8-6-4-2)43-68-56-55(66)53(64)51(62)47(72-56)44-69-57-54(65)52(63)50(61)46(41-58)71-57/h11,13,17,19,22,24,27,29,33,35,45-47,50-58,61-66H,3-10,12,14-16,18,20-21,23,25-26,28,30-32,34,36-44H2,1-2H3/b13-11+,19-17+,24-22+,29-27+,35-33+/t45-,46+,47+,50-,51-,52?,53?,54?,55?,56+,57+/m0/s1. The van der Waals surface area contributed by atoms with Gasteiger partial charge in [0.2, 0.25) is 0 Å². The minimum absolute atomic E-state index is 0.0938. The fraction of sp³-hybridized carbons (Fsp3) is 0.789. The number of ether oxygens (including phenoxy) is 6. The van der Waals surface area contributed by atoms with E-state index in [1.807, 2.05) is 12.2 Å². The maximum Gasteiger partial charge on any atom is 0.306 e. The van der Waals surface area contributed by atoms with Gasteiger partial charge in [-0.2, -0.15) is 0 Å². The van der Waals surface area contributed by atoms with E-state index in [1.54, 1.807) is 0 Å². The maximum atomic E-state index is 13.0. The Bertz CT molecular complexity index is 1480. The second-order valence-corrected chi connectivity index (χ2v) is 19.4. The fourth-order valence-electron chi connectivity index (χ4n) is 8.44. The molecule has 2 rings (SSSR count). The highest BCUT2D eigenvalue weighted by atomic mass is 16.7. The van der Waals surface area contributed by atoms with Crippen molar-refractivity contribution in [2.45, 2.75) is 261 Å². The number of carbonyl (C=O) groups is 2. The van der Waals surface area contributed by atoms with Crippen LogP contribution in [0.4, 0.5) is 0 Å². The molecule has 2 aliphatic heterocycles. The van der Waals surface area contributed by atoms with Gasteiger partial charge in [-0.25, -0.2) is 0 Å². The Balaban J connectivity index is 1.81. The first-order chi connectivity index (χ1) is 35.0. The molecule has 416 valence electrons. The average Bonchev–Trinajstić information content (AvgIpc) is 3.37. The first-order valence-electron chi connectivity index (χ1n) is 27.9. The van der Waals surface area contributed by atoms with E-state index >= 15 is 0 Å². The molecular formula is C57H98O15. The van der Waals surface area contributed by atoms with E-state index in [4.69, 9.17) is 28.4 Å². The number of aliphatic hydroxyl groups is 7. The average molecular weight is 1020 g/mol. The van der Waals surface area contributed by atoms with Crippen LogP contribution in [0.3, 0.4) is 0 Å². The lowest BCUT2D eigenvalue weighted by Crippen LogP contribution is -2.61. The first kappa shape index (κ1) is 65.3. The van der Waals surface area contributed by atoms with Gasteiger partial charge in [0.1, 0.15) is 55.4 Å². The van der Waals surface area contributed by atoms with Crippen molar-refractivity contribution in [2.24, 2.45) is 0 Å². The van der Waals surface area contributed by atoms with E-state index in [-0.39, 0.29) is 19.4 Å². The summed E-state index contributed by atoms with van der Waals surface area (Å²) < 4.78 is 33.6. The molecule has 0 aromatic heterocycles. The Morgan fingerprint density at radius 3 is 1.36 bits per heavy atom. The summed E-state index contributed by atoms with van der Waals surface area (Å²) in [6, 6.07) is 0. The van der Waals surface area contributed by atoms with Gasteiger partial charge in [0.25, 0.3) is 0 Å². The van der Waals surface area contributed by atoms with E-state index in [2.05, 4.69) is 62.5 Å². The summed E-state index contributed by atoms with van der Waals surface area (Å²) in [4.78, 5) is 25.8. The summed E-state index contributed by atoms with van der Waals surface area (Å²) >= 11 is 0. The molecule has 2 aliphatic rings. The minimum Gasteiger partial charge on any atom is -0.462 e. The Morgan fingerprint density at radius 1 is 0.444 bits per heavy atom. The maximum absolute atomic E-state index is 13.0. The smallest absolute Gasteiger partial charge is 0.306 e. The summed E-state index contributed by atoms with van der Waals surface area (Å²) in [7, 11) is 0. The highest BCUT2D eigenvalue weighted by Gasteiger charge is 2.47. The van der Waals surface area contributed by atoms with Crippen molar-refractivity contribution in [1.82, 2.24) is 0 Å². The van der Waals surface area contributed by atoms with Crippen molar-refractivity contribution < 1.29 is 73.8 Å². The van der Waals surface area contributed by atoms with Gasteiger partial charge < -0.3 is 64.2 Å². The molecule has 0 aliphatic carbocycles. The number of allylic oxidation sites excluding steroid dienone is 10. The lowest BCUT2D eigenvalue weighted by Gasteiger charge is -2.42. The zero-order valence-corrected chi connectivity index (χ0v) is 44.1. The minimum atomic E-state index is -1.78. The van der Waals surface area contributed by atoms with Crippen LogP contribution in [-0.4, -0.2) is 142 Å². The lowest BCUT2D eigenvalue weighted by molar-refractivity contribution is -0.332. The Hall–Kier alpha value is -2.80. The van der Waals surface area contributed by atoms with E-state index in [0.29, 0.717) is 12.8 Å². The quantitative estimate of drug-likeness (QED) is 0.0172. The highest BCUT2D eigenvalue weighted by Crippen LogP contribution is 2.26. The van der Waals surface area contributed by atoms with Gasteiger partial charge in [0, 0.05) is 12.8 Å². The van der Waals surface area contributed by atoms with Crippen LogP contribution in [-0.2, 0) is 38.0 Å². The van der Waals surface area contributed by atoms with Gasteiger partial charge in [-0.15, -0.1) is 0 Å². The molecule has 2 saturated heterocycles. The van der Waals surface area contributed by atoms with Crippen LogP contribution in [0.2, 0.25) is 0 Å². The number of hydrogen-bond acceptors (Lipinski definition) is 15. The molecule has 0 spiro atoms. The SMILES string of the molecule is CCCCC/C=C/C/C=C/C/C=C/C/C=C/C/C=C/CCC(=O)OC[C@@H](CO[C@@H]1O[C@H](CO[C@@H]2O[C@H](CO)[C@H](O)C(O)C2O)[C@H](O)C(O)C1O)OC(=O)CCCCCCCCCCCCCCCCCCC. The zero-order valence-electron chi connectivity index (χ0n) is 44.1. The van der Waals surface area contributed by atoms with E-state index in [9.17, 15) is 45.3 Å². The van der Waals surface area contributed by atoms with Gasteiger partial charge in [-0.1, -0.05) is 190 Å². The Kier molecular flexibility index (Phi) is 39.4. The summed E-state index contributed by atoms with van der Waals surface area (Å²) in [6.07, 6.45) is 34.0. The second kappa shape index (κ2) is 43.4. The molecule has 0 bridgehead atoms. The molecule has 0 aromatic carbocycles. The summed E-state index contributed by atoms with van der Waals surface area (Å²) in [5.41, 5.74) is 0. The number of hydrogen-bond donors (Lipinski definition) is 7. The molecule has 72 heavy (non-hydrogen) atoms. The number of aliphatic hydroxyl groups excluding tert-OH is 7. The van der Waals surface area contributed by atoms with Crippen LogP contribution in [0.1, 0.15) is 194 Å². The summed E-state index contributed by atoms with van der Waals surface area (Å²) in [5.74, 6) is -1.02. The van der Waals surface area contributed by atoms with E-state index < -0.39 is 99.3 Å². The molecular weight excluding hydrogens is 925 g/mol. The largest absolute Gasteiger partial charge is 0.462 e. The van der Waals surface area contributed by atoms with Crippen LogP contribution in [0.25, 0.3) is 0 Å². The van der Waals surface area contributed by atoms with E-state index in [1.165, 1.54) is 103 Å². The monoisotopic (exact) mass is 1020 g/mol. The molecule has 15 nitrogen and oxygen atoms in total. The molecule has 0 amide bonds. The molecule has 11 atom stereocenters. The van der Waals surface area contributed by atoms with Gasteiger partial charge >= 0.3 is 11.9 Å². The van der Waals surface area contributed by atoms with Gasteiger partial charge in [0.05, 0.1) is 19.8 Å². The third-order valence-electron chi connectivity index (χ3n) is 13.0. The lowest BCUT2D eigenvalue weighted by atomic mass is 9.98. The Labute approximate surface area is 432 Å². The highest BCUT2D eigenvalue weighted by molar-refractivity contribution is 5.70. The van der Waals surface area contributed by atoms with Gasteiger partial charge in [0.15, 0.2) is 18.7 Å². The summed E-state index contributed by atoms with van der Waals surface area (Å²) in [5, 5.41) is 72.2. The number of unbranched alkanes of at least 4 members (excludes halogenated alkanes) is 19. The molecule has 2 heterocycles. The summed E-state index contributed by atoms with van der Waals surface area (Å²) in [6.45, 7) is 2.50. The van der Waals surface area contributed by atoms with Crippen molar-refractivity contribution in [3.8, 4) is 0 Å². The molecule has 4 unspecified atom stereocenters. The molecule has 15 heteroatoms. The van der Waals surface area contributed by atoms with Crippen molar-refractivity contribution in [2.75, 3.05) is 26.4 Å². The van der Waals surface area contributed by atoms with Crippen LogP contribution < -0.4 is 0 Å². The number of rotatable bonds is 43. The number of carbonyl (C=O) groups excluding carboxylic acids is 2. The second-order valence-electron chi connectivity index (χ2n) is 19.4. The van der Waals surface area contributed by atoms with Crippen LogP contribution in [0.15, 0.2) is 60.8 Å². The van der Waals surface area contributed by atoms with Crippen molar-refractivity contribution in [3.05, 3.63) is 60.8 Å². The van der Waals surface area contributed by atoms with Crippen molar-refractivity contribution in [3.63, 3.8) is 0 Å². The van der Waals surface area contributed by atoms with Crippen molar-refractivity contribution >= 4 is 11.9 Å². The zero-order chi connectivity index (χ0) is 52.4. The molecule has 0 saturated carbocycles. The van der Waals surface area contributed by atoms with Gasteiger partial charge in [-0.3, -0.25) is 9.59 Å². The van der Waals surface area contributed by atoms with Gasteiger partial charge in [-0.05, 0) is 51.4 Å². The van der Waals surface area contributed by atoms with E-state index in [0.717, 1.165) is 51.4 Å². The fourth-order valence-corrected chi connectivity index (χ4v) is 8.44. The van der Waals surface area contributed by atoms with Crippen LogP contribution >= 0.6 is 0 Å². The predicted molar refractivity (Wildman–Crippen MR) is 280 cm³/mol. The molecule has 0 radical (unpaired) electrons. The topological polar surface area (TPSA) is 231 Å². The normalized spacial score (nSPS) is 25.5. The first-order valence-corrected chi connectivity index (χ1v) is 27.9. The Morgan fingerprint density at radius 2 is 0.861 bits per heavy atom. The number of esters is 2. The predicted octanol–water partition coefficient (Wildman–Crippen LogP) is 8.83. The van der Waals surface area contributed by atoms with Crippen LogP contribution in [0, 0.1) is 0 Å². The van der Waals surface area contributed by atoms with Crippen LogP contribution in [0.5, 0.6) is 0 Å².